The minimum atomic E-state index is -0.341. The van der Waals surface area contributed by atoms with Crippen molar-refractivity contribution in [3.05, 3.63) is 71.3 Å². The van der Waals surface area contributed by atoms with Gasteiger partial charge in [0.15, 0.2) is 0 Å². The highest BCUT2D eigenvalue weighted by atomic mass is 16.3. The van der Waals surface area contributed by atoms with Gasteiger partial charge in [0.2, 0.25) is 5.71 Å². The van der Waals surface area contributed by atoms with Crippen molar-refractivity contribution in [1.29, 1.82) is 0 Å². The number of carbonyl (C=O) groups is 1. The molecular weight excluding hydrogens is 370 g/mol. The number of nitrogens with one attached hydrogen (secondary N) is 1. The molecule has 148 valence electrons. The summed E-state index contributed by atoms with van der Waals surface area (Å²) in [4.78, 5) is 33.9. The van der Waals surface area contributed by atoms with Gasteiger partial charge in [0, 0.05) is 19.6 Å². The van der Waals surface area contributed by atoms with Crippen molar-refractivity contribution in [2.45, 2.75) is 26.4 Å². The first-order chi connectivity index (χ1) is 14.1. The fourth-order valence-electron chi connectivity index (χ4n) is 3.41. The number of benzene rings is 1. The summed E-state index contributed by atoms with van der Waals surface area (Å²) in [6.45, 7) is 6.78. The average Bonchev–Trinajstić information content (AvgIpc) is 3.28. The first-order valence-electron chi connectivity index (χ1n) is 9.37. The monoisotopic (exact) mass is 391 g/mol. The van der Waals surface area contributed by atoms with Crippen LogP contribution in [0.3, 0.4) is 0 Å². The van der Waals surface area contributed by atoms with E-state index >= 15 is 0 Å². The molecule has 0 bridgehead atoms. The second-order valence-electron chi connectivity index (χ2n) is 6.74. The number of allylic oxidation sites excluding steroid dienone is 1. The van der Waals surface area contributed by atoms with Gasteiger partial charge >= 0.3 is 0 Å². The van der Waals surface area contributed by atoms with Crippen LogP contribution >= 0.6 is 0 Å². The Morgan fingerprint density at radius 1 is 1.24 bits per heavy atom. The lowest BCUT2D eigenvalue weighted by molar-refractivity contribution is 0.0952. The number of fused-ring (bicyclic) bond motifs is 2. The highest BCUT2D eigenvalue weighted by molar-refractivity contribution is 6.06. The zero-order valence-corrected chi connectivity index (χ0v) is 16.1. The average molecular weight is 391 g/mol. The number of furan rings is 1. The van der Waals surface area contributed by atoms with E-state index in [9.17, 15) is 9.59 Å². The molecule has 4 aromatic rings. The molecule has 8 nitrogen and oxygen atoms in total. The molecule has 0 aliphatic carbocycles. The molecule has 0 unspecified atom stereocenters. The van der Waals surface area contributed by atoms with E-state index in [1.807, 2.05) is 24.3 Å². The summed E-state index contributed by atoms with van der Waals surface area (Å²) in [6, 6.07) is 7.91. The smallest absolute Gasteiger partial charge is 0.265 e. The van der Waals surface area contributed by atoms with Crippen molar-refractivity contribution in [2.75, 3.05) is 6.54 Å². The molecule has 29 heavy (non-hydrogen) atoms. The van der Waals surface area contributed by atoms with Crippen molar-refractivity contribution in [3.8, 4) is 0 Å². The highest BCUT2D eigenvalue weighted by Gasteiger charge is 2.22. The van der Waals surface area contributed by atoms with Gasteiger partial charge in [0.25, 0.3) is 11.5 Å². The fraction of sp³-hybridized carbons (Fsp3) is 0.238. The lowest BCUT2D eigenvalue weighted by atomic mass is 10.1. The number of hydrogen-bond acceptors (Lipinski definition) is 5. The Labute approximate surface area is 166 Å². The van der Waals surface area contributed by atoms with Crippen LogP contribution in [0.1, 0.15) is 22.5 Å². The van der Waals surface area contributed by atoms with Crippen molar-refractivity contribution in [1.82, 2.24) is 24.4 Å². The molecule has 0 spiro atoms. The maximum atomic E-state index is 12.7. The van der Waals surface area contributed by atoms with Crippen LogP contribution < -0.4 is 10.9 Å². The van der Waals surface area contributed by atoms with Crippen LogP contribution in [0.5, 0.6) is 0 Å². The zero-order valence-electron chi connectivity index (χ0n) is 16.1. The molecule has 0 saturated heterocycles. The number of nitrogens with zero attached hydrogens (tertiary/aromatic N) is 4. The second-order valence-corrected chi connectivity index (χ2v) is 6.74. The predicted octanol–water partition coefficient (Wildman–Crippen LogP) is 2.65. The summed E-state index contributed by atoms with van der Waals surface area (Å²) in [6.07, 6.45) is 5.52. The molecule has 0 fully saturated rings. The lowest BCUT2D eigenvalue weighted by Crippen LogP contribution is -2.28. The molecule has 3 heterocycles. The zero-order chi connectivity index (χ0) is 20.4. The maximum absolute atomic E-state index is 12.7. The lowest BCUT2D eigenvalue weighted by Gasteiger charge is -2.07. The van der Waals surface area contributed by atoms with Crippen LogP contribution in [0.25, 0.3) is 22.1 Å². The molecule has 0 aliphatic heterocycles. The van der Waals surface area contributed by atoms with Crippen molar-refractivity contribution >= 4 is 28.0 Å². The summed E-state index contributed by atoms with van der Waals surface area (Å²) < 4.78 is 8.97. The van der Waals surface area contributed by atoms with Crippen LogP contribution in [0.4, 0.5) is 0 Å². The molecule has 4 rings (SSSR count). The number of aromatic nitrogens is 4. The van der Waals surface area contributed by atoms with Gasteiger partial charge in [-0.1, -0.05) is 18.2 Å². The van der Waals surface area contributed by atoms with Gasteiger partial charge in [-0.15, -0.1) is 6.58 Å². The van der Waals surface area contributed by atoms with Gasteiger partial charge < -0.3 is 14.3 Å². The Bertz CT molecular complexity index is 1260. The van der Waals surface area contributed by atoms with Gasteiger partial charge in [0.05, 0.1) is 22.9 Å². The van der Waals surface area contributed by atoms with Gasteiger partial charge in [-0.2, -0.15) is 0 Å². The third-order valence-corrected chi connectivity index (χ3v) is 4.80. The largest absolute Gasteiger partial charge is 0.442 e. The molecule has 0 atom stereocenters. The summed E-state index contributed by atoms with van der Waals surface area (Å²) in [5.41, 5.74) is 2.10. The number of amides is 1. The molecular formula is C21H21N5O3. The molecule has 1 amide bonds. The quantitative estimate of drug-likeness (QED) is 0.386. The van der Waals surface area contributed by atoms with E-state index in [1.165, 1.54) is 10.9 Å². The minimum Gasteiger partial charge on any atom is -0.442 e. The van der Waals surface area contributed by atoms with Gasteiger partial charge in [-0.25, -0.2) is 9.97 Å². The summed E-state index contributed by atoms with van der Waals surface area (Å²) in [5.74, 6) is 0.0334. The van der Waals surface area contributed by atoms with Crippen LogP contribution in [0.15, 0.2) is 58.8 Å². The van der Waals surface area contributed by atoms with E-state index in [4.69, 9.17) is 4.42 Å². The minimum absolute atomic E-state index is 0.169. The molecule has 1 aromatic carbocycles. The fourth-order valence-corrected chi connectivity index (χ4v) is 3.41. The molecule has 0 saturated carbocycles. The van der Waals surface area contributed by atoms with Crippen molar-refractivity contribution < 1.29 is 9.21 Å². The number of para-hydroxylation sites is 2. The van der Waals surface area contributed by atoms with Crippen LogP contribution in [-0.4, -0.2) is 31.6 Å². The van der Waals surface area contributed by atoms with Gasteiger partial charge in [-0.3, -0.25) is 14.2 Å². The molecule has 3 aromatic heterocycles. The number of imidazole rings is 1. The van der Waals surface area contributed by atoms with Crippen LogP contribution in [0, 0.1) is 6.92 Å². The third kappa shape index (κ3) is 3.44. The number of aryl methyl sites for hydroxylation is 2. The van der Waals surface area contributed by atoms with E-state index in [0.29, 0.717) is 18.8 Å². The normalized spacial score (nSPS) is 11.2. The van der Waals surface area contributed by atoms with Crippen LogP contribution in [0.2, 0.25) is 0 Å². The third-order valence-electron chi connectivity index (χ3n) is 4.80. The summed E-state index contributed by atoms with van der Waals surface area (Å²) in [7, 11) is 0. The van der Waals surface area contributed by atoms with E-state index in [2.05, 4.69) is 26.4 Å². The van der Waals surface area contributed by atoms with E-state index < -0.39 is 0 Å². The number of rotatable bonds is 7. The Morgan fingerprint density at radius 3 is 2.86 bits per heavy atom. The summed E-state index contributed by atoms with van der Waals surface area (Å²) >= 11 is 0. The molecule has 8 heteroatoms. The van der Waals surface area contributed by atoms with Crippen molar-refractivity contribution in [3.63, 3.8) is 0 Å². The molecule has 0 radical (unpaired) electrons. The standard InChI is InChI=1S/C21H21N5O3/c1-3-10-26-13-24-20-18(21(26)28)17(14(2)29-20)19(27)22-9-6-11-25-12-23-15-7-4-5-8-16(15)25/h3-5,7-8,12-13H,1,6,9-11H2,2H3,(H,22,27). The maximum Gasteiger partial charge on any atom is 0.265 e. The topological polar surface area (TPSA) is 95.0 Å². The molecule has 0 aliphatic rings. The van der Waals surface area contributed by atoms with E-state index in [0.717, 1.165) is 24.0 Å². The van der Waals surface area contributed by atoms with Gasteiger partial charge in [0.1, 0.15) is 17.5 Å². The number of carbonyl (C=O) groups excluding carboxylic acids is 1. The Kier molecular flexibility index (Phi) is 4.99. The second kappa shape index (κ2) is 7.75. The number of hydrogen-bond donors (Lipinski definition) is 1. The Morgan fingerprint density at radius 2 is 2.03 bits per heavy atom. The van der Waals surface area contributed by atoms with Gasteiger partial charge in [-0.05, 0) is 25.5 Å². The van der Waals surface area contributed by atoms with Crippen molar-refractivity contribution in [2.24, 2.45) is 0 Å². The van der Waals surface area contributed by atoms with E-state index in [1.54, 1.807) is 19.3 Å². The first kappa shape index (κ1) is 18.7. The highest BCUT2D eigenvalue weighted by Crippen LogP contribution is 2.20. The van der Waals surface area contributed by atoms with Crippen LogP contribution in [-0.2, 0) is 13.1 Å². The first-order valence-corrected chi connectivity index (χ1v) is 9.37. The molecule has 1 N–H and O–H groups in total. The SMILES string of the molecule is C=CCn1cnc2oc(C)c(C(=O)NCCCn3cnc4ccccc43)c2c1=O. The Hall–Kier alpha value is -3.68. The summed E-state index contributed by atoms with van der Waals surface area (Å²) in [5, 5.41) is 3.08. The van der Waals surface area contributed by atoms with E-state index in [-0.39, 0.29) is 28.1 Å². The predicted molar refractivity (Wildman–Crippen MR) is 110 cm³/mol. The Balaban J connectivity index is 1.48.